The van der Waals surface area contributed by atoms with Crippen molar-refractivity contribution in [1.29, 1.82) is 0 Å². The number of isocyanates is 1. The van der Waals surface area contributed by atoms with Gasteiger partial charge in [-0.3, -0.25) is 0 Å². The van der Waals surface area contributed by atoms with Crippen molar-refractivity contribution in [3.63, 3.8) is 0 Å². The maximum atomic E-state index is 9.95. The van der Waals surface area contributed by atoms with Crippen molar-refractivity contribution < 1.29 is 4.79 Å². The van der Waals surface area contributed by atoms with Gasteiger partial charge >= 0.3 is 0 Å². The summed E-state index contributed by atoms with van der Waals surface area (Å²) in [5.41, 5.74) is 0. The first kappa shape index (κ1) is 8.22. The number of carbonyl (C=O) groups excluding carboxylic acids is 1. The topological polar surface area (TPSA) is 29.4 Å². The Morgan fingerprint density at radius 2 is 2.45 bits per heavy atom. The predicted octanol–water partition coefficient (Wildman–Crippen LogP) is 2.07. The van der Waals surface area contributed by atoms with E-state index in [-0.39, 0.29) is 6.04 Å². The molecule has 0 aromatic rings. The molecule has 2 unspecified atom stereocenters. The number of hydrogen-bond donors (Lipinski definition) is 0. The Hall–Kier alpha value is -0.880. The van der Waals surface area contributed by atoms with Gasteiger partial charge in [-0.1, -0.05) is 12.2 Å². The Morgan fingerprint density at radius 3 is 3.00 bits per heavy atom. The molecule has 0 aromatic heterocycles. The number of aliphatic imine (C=N–C) groups is 1. The minimum absolute atomic E-state index is 0.150. The lowest BCUT2D eigenvalue weighted by atomic mass is 9.89. The largest absolute Gasteiger partial charge is 0.235 e. The van der Waals surface area contributed by atoms with Gasteiger partial charge in [-0.05, 0) is 32.1 Å². The summed E-state index contributed by atoms with van der Waals surface area (Å²) in [4.78, 5) is 13.7. The van der Waals surface area contributed by atoms with Crippen LogP contribution >= 0.6 is 0 Å². The van der Waals surface area contributed by atoms with Gasteiger partial charge in [0.1, 0.15) is 0 Å². The molecule has 0 saturated carbocycles. The number of hydrogen-bond acceptors (Lipinski definition) is 2. The van der Waals surface area contributed by atoms with Gasteiger partial charge in [0.15, 0.2) is 0 Å². The number of rotatable bonds is 2. The summed E-state index contributed by atoms with van der Waals surface area (Å²) in [6.07, 6.45) is 9.32. The Kier molecular flexibility index (Phi) is 3.06. The van der Waals surface area contributed by atoms with E-state index in [0.717, 1.165) is 19.3 Å². The second-order valence-corrected chi connectivity index (χ2v) is 3.01. The van der Waals surface area contributed by atoms with Crippen LogP contribution in [0.1, 0.15) is 26.2 Å². The lowest BCUT2D eigenvalue weighted by Gasteiger charge is -2.19. The van der Waals surface area contributed by atoms with Crippen molar-refractivity contribution >= 4 is 6.08 Å². The van der Waals surface area contributed by atoms with Gasteiger partial charge in [-0.2, -0.15) is 0 Å². The Bertz CT molecular complexity index is 192. The second kappa shape index (κ2) is 4.09. The Labute approximate surface area is 67.0 Å². The average Bonchev–Trinajstić information content (AvgIpc) is 2.07. The minimum Gasteiger partial charge on any atom is -0.211 e. The van der Waals surface area contributed by atoms with Crippen LogP contribution in [0.2, 0.25) is 0 Å². The molecule has 2 nitrogen and oxygen atoms in total. The molecule has 0 fully saturated rings. The van der Waals surface area contributed by atoms with E-state index in [2.05, 4.69) is 17.1 Å². The maximum absolute atomic E-state index is 9.95. The maximum Gasteiger partial charge on any atom is 0.235 e. The molecule has 0 amide bonds. The molecule has 0 saturated heterocycles. The summed E-state index contributed by atoms with van der Waals surface area (Å²) >= 11 is 0. The highest BCUT2D eigenvalue weighted by Gasteiger charge is 2.16. The third kappa shape index (κ3) is 2.32. The van der Waals surface area contributed by atoms with E-state index in [1.807, 2.05) is 6.92 Å². The van der Waals surface area contributed by atoms with Gasteiger partial charge in [0.2, 0.25) is 6.08 Å². The molecule has 1 rings (SSSR count). The smallest absolute Gasteiger partial charge is 0.211 e. The molecule has 1 aliphatic carbocycles. The monoisotopic (exact) mass is 151 g/mol. The highest BCUT2D eigenvalue weighted by molar-refractivity contribution is 5.33. The van der Waals surface area contributed by atoms with E-state index in [9.17, 15) is 4.79 Å². The van der Waals surface area contributed by atoms with E-state index in [1.54, 1.807) is 6.08 Å². The first-order chi connectivity index (χ1) is 5.34. The SMILES string of the molecule is CC(N=C=O)C1CC=CCC1. The predicted molar refractivity (Wildman–Crippen MR) is 44.1 cm³/mol. The molecule has 2 atom stereocenters. The van der Waals surface area contributed by atoms with Crippen molar-refractivity contribution in [2.45, 2.75) is 32.2 Å². The van der Waals surface area contributed by atoms with Crippen LogP contribution in [0.15, 0.2) is 17.1 Å². The van der Waals surface area contributed by atoms with E-state index in [0.29, 0.717) is 5.92 Å². The molecule has 0 heterocycles. The van der Waals surface area contributed by atoms with Crippen molar-refractivity contribution in [3.05, 3.63) is 12.2 Å². The molecule has 0 radical (unpaired) electrons. The lowest BCUT2D eigenvalue weighted by Crippen LogP contribution is -2.15. The summed E-state index contributed by atoms with van der Waals surface area (Å²) in [5, 5.41) is 0. The van der Waals surface area contributed by atoms with Gasteiger partial charge in [-0.15, -0.1) is 0 Å². The Morgan fingerprint density at radius 1 is 1.64 bits per heavy atom. The molecule has 60 valence electrons. The molecule has 0 bridgehead atoms. The molecule has 11 heavy (non-hydrogen) atoms. The number of nitrogens with zero attached hydrogens (tertiary/aromatic N) is 1. The van der Waals surface area contributed by atoms with Crippen LogP contribution in [0.3, 0.4) is 0 Å². The van der Waals surface area contributed by atoms with Gasteiger partial charge in [0, 0.05) is 0 Å². The van der Waals surface area contributed by atoms with Crippen molar-refractivity contribution in [1.82, 2.24) is 0 Å². The zero-order valence-corrected chi connectivity index (χ0v) is 6.79. The zero-order chi connectivity index (χ0) is 8.10. The molecule has 0 N–H and O–H groups in total. The zero-order valence-electron chi connectivity index (χ0n) is 6.79. The minimum atomic E-state index is 0.150. The van der Waals surface area contributed by atoms with Crippen LogP contribution in [0.5, 0.6) is 0 Å². The van der Waals surface area contributed by atoms with Crippen LogP contribution in [-0.4, -0.2) is 12.1 Å². The standard InChI is InChI=1S/C9H13NO/c1-8(10-7-11)9-5-3-2-4-6-9/h2-3,8-9H,4-6H2,1H3. The van der Waals surface area contributed by atoms with Crippen LogP contribution in [0.4, 0.5) is 0 Å². The van der Waals surface area contributed by atoms with Crippen LogP contribution < -0.4 is 0 Å². The molecular formula is C9H13NO. The number of allylic oxidation sites excluding steroid dienone is 2. The third-order valence-corrected chi connectivity index (χ3v) is 2.25. The normalized spacial score (nSPS) is 25.7. The molecule has 2 heteroatoms. The van der Waals surface area contributed by atoms with E-state index in [1.165, 1.54) is 0 Å². The fourth-order valence-corrected chi connectivity index (χ4v) is 1.44. The van der Waals surface area contributed by atoms with E-state index in [4.69, 9.17) is 0 Å². The summed E-state index contributed by atoms with van der Waals surface area (Å²) in [5.74, 6) is 0.557. The van der Waals surface area contributed by atoms with Crippen LogP contribution in [-0.2, 0) is 4.79 Å². The highest BCUT2D eigenvalue weighted by Crippen LogP contribution is 2.22. The first-order valence-corrected chi connectivity index (χ1v) is 4.06. The van der Waals surface area contributed by atoms with Gasteiger partial charge < -0.3 is 0 Å². The molecule has 0 aromatic carbocycles. The van der Waals surface area contributed by atoms with E-state index >= 15 is 0 Å². The van der Waals surface area contributed by atoms with Crippen molar-refractivity contribution in [2.24, 2.45) is 10.9 Å². The lowest BCUT2D eigenvalue weighted by molar-refractivity contribution is 0.408. The molecule has 0 aliphatic heterocycles. The van der Waals surface area contributed by atoms with Gasteiger partial charge in [0.05, 0.1) is 6.04 Å². The molecular weight excluding hydrogens is 138 g/mol. The summed E-state index contributed by atoms with van der Waals surface area (Å²) in [6.45, 7) is 1.98. The Balaban J connectivity index is 2.46. The van der Waals surface area contributed by atoms with Gasteiger partial charge in [-0.25, -0.2) is 9.79 Å². The summed E-state index contributed by atoms with van der Waals surface area (Å²) < 4.78 is 0. The third-order valence-electron chi connectivity index (χ3n) is 2.25. The molecule has 1 aliphatic rings. The highest BCUT2D eigenvalue weighted by atomic mass is 16.1. The average molecular weight is 151 g/mol. The quantitative estimate of drug-likeness (QED) is 0.337. The van der Waals surface area contributed by atoms with E-state index < -0.39 is 0 Å². The van der Waals surface area contributed by atoms with Crippen LogP contribution in [0.25, 0.3) is 0 Å². The van der Waals surface area contributed by atoms with Crippen molar-refractivity contribution in [3.8, 4) is 0 Å². The summed E-state index contributed by atoms with van der Waals surface area (Å²) in [7, 11) is 0. The van der Waals surface area contributed by atoms with Crippen LogP contribution in [0, 0.1) is 5.92 Å². The van der Waals surface area contributed by atoms with Crippen molar-refractivity contribution in [2.75, 3.05) is 0 Å². The molecule has 0 spiro atoms. The second-order valence-electron chi connectivity index (χ2n) is 3.01. The first-order valence-electron chi connectivity index (χ1n) is 4.06. The fraction of sp³-hybridized carbons (Fsp3) is 0.667. The fourth-order valence-electron chi connectivity index (χ4n) is 1.44. The summed E-state index contributed by atoms with van der Waals surface area (Å²) in [6, 6.07) is 0.150. The van der Waals surface area contributed by atoms with Gasteiger partial charge in [0.25, 0.3) is 0 Å².